The van der Waals surface area contributed by atoms with Crippen molar-refractivity contribution in [1.29, 1.82) is 0 Å². The molecule has 0 spiro atoms. The van der Waals surface area contributed by atoms with Crippen LogP contribution in [0.5, 0.6) is 0 Å². The summed E-state index contributed by atoms with van der Waals surface area (Å²) in [6, 6.07) is 0.0667. The maximum Gasteiger partial charge on any atom is 0.282 e. The van der Waals surface area contributed by atoms with Gasteiger partial charge < -0.3 is 10.5 Å². The average molecular weight is 190 g/mol. The molecule has 0 aliphatic rings. The molecule has 0 radical (unpaired) electrons. The van der Waals surface area contributed by atoms with Gasteiger partial charge >= 0.3 is 0 Å². The van der Waals surface area contributed by atoms with Crippen LogP contribution in [-0.2, 0) is 4.74 Å². The number of rotatable bonds is 4. The molecule has 1 atom stereocenters. The molecule has 0 rings (SSSR count). The van der Waals surface area contributed by atoms with Crippen LogP contribution >= 0.6 is 0 Å². The van der Waals surface area contributed by atoms with Gasteiger partial charge in [0.1, 0.15) is 6.67 Å². The van der Waals surface area contributed by atoms with Crippen LogP contribution in [0.4, 0.5) is 4.39 Å². The van der Waals surface area contributed by atoms with Crippen molar-refractivity contribution < 1.29 is 9.13 Å². The summed E-state index contributed by atoms with van der Waals surface area (Å²) in [6.45, 7) is 6.67. The first-order valence-corrected chi connectivity index (χ1v) is 4.49. The first kappa shape index (κ1) is 12.2. The lowest BCUT2D eigenvalue weighted by atomic mass is 10.1. The molecule has 0 saturated heterocycles. The topological polar surface area (TPSA) is 47.6 Å². The van der Waals surface area contributed by atoms with E-state index in [0.717, 1.165) is 6.42 Å². The molecule has 0 amide bonds. The van der Waals surface area contributed by atoms with Crippen LogP contribution in [0.15, 0.2) is 4.99 Å². The molecular formula is C9H19FN2O. The second-order valence-corrected chi connectivity index (χ2v) is 3.73. The van der Waals surface area contributed by atoms with Crippen LogP contribution < -0.4 is 5.73 Å². The lowest BCUT2D eigenvalue weighted by Crippen LogP contribution is -2.29. The van der Waals surface area contributed by atoms with Gasteiger partial charge in [0.05, 0.1) is 11.6 Å². The molecule has 0 aromatic heterocycles. The first-order chi connectivity index (χ1) is 5.91. The number of hydrogen-bond donors (Lipinski definition) is 1. The fraction of sp³-hybridized carbons (Fsp3) is 0.889. The van der Waals surface area contributed by atoms with E-state index in [-0.39, 0.29) is 12.1 Å². The van der Waals surface area contributed by atoms with Crippen LogP contribution in [0, 0.1) is 0 Å². The Balaban J connectivity index is 4.16. The summed E-state index contributed by atoms with van der Waals surface area (Å²) in [5.41, 5.74) is 4.69. The lowest BCUT2D eigenvalue weighted by molar-refractivity contribution is 0.195. The molecule has 2 N–H and O–H groups in total. The predicted octanol–water partition coefficient (Wildman–Crippen LogP) is 1.86. The fourth-order valence-corrected chi connectivity index (χ4v) is 0.644. The molecule has 4 heteroatoms. The van der Waals surface area contributed by atoms with Crippen molar-refractivity contribution in [3.63, 3.8) is 0 Å². The third-order valence-electron chi connectivity index (χ3n) is 1.64. The van der Waals surface area contributed by atoms with Crippen molar-refractivity contribution in [2.24, 2.45) is 10.7 Å². The van der Waals surface area contributed by atoms with E-state index in [1.807, 2.05) is 13.8 Å². The number of nitrogens with zero attached hydrogens (tertiary/aromatic N) is 1. The summed E-state index contributed by atoms with van der Waals surface area (Å²) in [5, 5.41) is 0. The molecular weight excluding hydrogens is 171 g/mol. The highest BCUT2D eigenvalue weighted by Gasteiger charge is 2.17. The molecule has 0 bridgehead atoms. The Morgan fingerprint density at radius 2 is 2.15 bits per heavy atom. The molecule has 0 fully saturated rings. The van der Waals surface area contributed by atoms with Gasteiger partial charge in [-0.25, -0.2) is 9.38 Å². The van der Waals surface area contributed by atoms with Crippen molar-refractivity contribution in [3.05, 3.63) is 0 Å². The minimum Gasteiger partial charge on any atom is -0.462 e. The van der Waals surface area contributed by atoms with E-state index in [1.54, 1.807) is 13.8 Å². The number of nitrogens with two attached hydrogens (primary N) is 1. The van der Waals surface area contributed by atoms with Gasteiger partial charge in [-0.05, 0) is 27.2 Å². The summed E-state index contributed by atoms with van der Waals surface area (Å²) in [5.74, 6) is 0. The maximum atomic E-state index is 12.3. The average Bonchev–Trinajstić information content (AvgIpc) is 2.03. The third-order valence-corrected chi connectivity index (χ3v) is 1.64. The Kier molecular flexibility index (Phi) is 4.73. The SMILES string of the molecule is CCC(C)OC(N)=NC(C)(C)CF. The maximum absolute atomic E-state index is 12.3. The smallest absolute Gasteiger partial charge is 0.282 e. The van der Waals surface area contributed by atoms with E-state index < -0.39 is 12.2 Å². The van der Waals surface area contributed by atoms with E-state index in [4.69, 9.17) is 10.5 Å². The molecule has 0 aliphatic carbocycles. The van der Waals surface area contributed by atoms with Crippen LogP contribution in [0.3, 0.4) is 0 Å². The summed E-state index contributed by atoms with van der Waals surface area (Å²) in [6.07, 6.45) is 0.880. The quantitative estimate of drug-likeness (QED) is 0.543. The number of amidine groups is 1. The Bertz CT molecular complexity index is 180. The Labute approximate surface area is 79.2 Å². The Morgan fingerprint density at radius 1 is 1.62 bits per heavy atom. The summed E-state index contributed by atoms with van der Waals surface area (Å²) < 4.78 is 17.5. The summed E-state index contributed by atoms with van der Waals surface area (Å²) >= 11 is 0. The number of hydrogen-bond acceptors (Lipinski definition) is 2. The van der Waals surface area contributed by atoms with E-state index in [9.17, 15) is 4.39 Å². The van der Waals surface area contributed by atoms with Crippen LogP contribution in [0.25, 0.3) is 0 Å². The van der Waals surface area contributed by atoms with Crippen LogP contribution in [0.1, 0.15) is 34.1 Å². The summed E-state index contributed by atoms with van der Waals surface area (Å²) in [4.78, 5) is 3.91. The molecule has 3 nitrogen and oxygen atoms in total. The molecule has 0 aliphatic heterocycles. The van der Waals surface area contributed by atoms with E-state index in [2.05, 4.69) is 4.99 Å². The predicted molar refractivity (Wildman–Crippen MR) is 52.5 cm³/mol. The van der Waals surface area contributed by atoms with Crippen molar-refractivity contribution in [2.75, 3.05) is 6.67 Å². The van der Waals surface area contributed by atoms with E-state index in [1.165, 1.54) is 0 Å². The number of halogens is 1. The van der Waals surface area contributed by atoms with Gasteiger partial charge in [0, 0.05) is 0 Å². The lowest BCUT2D eigenvalue weighted by Gasteiger charge is -2.17. The van der Waals surface area contributed by atoms with Gasteiger partial charge in [-0.2, -0.15) is 0 Å². The second kappa shape index (κ2) is 5.04. The summed E-state index contributed by atoms with van der Waals surface area (Å²) in [7, 11) is 0. The van der Waals surface area contributed by atoms with Gasteiger partial charge in [0.2, 0.25) is 0 Å². The van der Waals surface area contributed by atoms with Crippen molar-refractivity contribution in [2.45, 2.75) is 45.8 Å². The Hall–Kier alpha value is -0.800. The zero-order valence-electron chi connectivity index (χ0n) is 8.80. The number of ether oxygens (including phenoxy) is 1. The van der Waals surface area contributed by atoms with Gasteiger partial charge in [-0.3, -0.25) is 0 Å². The van der Waals surface area contributed by atoms with Gasteiger partial charge in [-0.1, -0.05) is 6.92 Å². The minimum absolute atomic E-state index is 0.0270. The van der Waals surface area contributed by atoms with Crippen molar-refractivity contribution in [3.8, 4) is 0 Å². The van der Waals surface area contributed by atoms with Crippen molar-refractivity contribution in [1.82, 2.24) is 0 Å². The first-order valence-electron chi connectivity index (χ1n) is 4.49. The molecule has 0 aromatic rings. The fourth-order valence-electron chi connectivity index (χ4n) is 0.644. The highest BCUT2D eigenvalue weighted by atomic mass is 19.1. The molecule has 0 saturated carbocycles. The standard InChI is InChI=1S/C9H19FN2O/c1-5-7(2)13-8(11)12-9(3,4)6-10/h7H,5-6H2,1-4H3,(H2,11,12). The molecule has 13 heavy (non-hydrogen) atoms. The van der Waals surface area contributed by atoms with Gasteiger partial charge in [0.25, 0.3) is 6.02 Å². The Morgan fingerprint density at radius 3 is 2.54 bits per heavy atom. The second-order valence-electron chi connectivity index (χ2n) is 3.73. The van der Waals surface area contributed by atoms with Crippen LogP contribution in [0.2, 0.25) is 0 Å². The molecule has 78 valence electrons. The molecule has 0 heterocycles. The zero-order valence-corrected chi connectivity index (χ0v) is 8.80. The molecule has 0 aromatic carbocycles. The monoisotopic (exact) mass is 190 g/mol. The minimum atomic E-state index is -0.780. The highest BCUT2D eigenvalue weighted by Crippen LogP contribution is 2.09. The molecule has 1 unspecified atom stereocenters. The number of aliphatic imine (C=N–C) groups is 1. The van der Waals surface area contributed by atoms with Crippen LogP contribution in [-0.4, -0.2) is 24.3 Å². The largest absolute Gasteiger partial charge is 0.462 e. The van der Waals surface area contributed by atoms with Crippen molar-refractivity contribution >= 4 is 6.02 Å². The zero-order chi connectivity index (χ0) is 10.5. The highest BCUT2D eigenvalue weighted by molar-refractivity contribution is 5.72. The normalized spacial score (nSPS) is 15.6. The van der Waals surface area contributed by atoms with E-state index in [0.29, 0.717) is 0 Å². The van der Waals surface area contributed by atoms with E-state index >= 15 is 0 Å². The van der Waals surface area contributed by atoms with Gasteiger partial charge in [0.15, 0.2) is 0 Å². The number of alkyl halides is 1. The third kappa shape index (κ3) is 5.44. The van der Waals surface area contributed by atoms with Gasteiger partial charge in [-0.15, -0.1) is 0 Å².